The Morgan fingerprint density at radius 1 is 1.00 bits per heavy atom. The Balaban J connectivity index is 0.869. The van der Waals surface area contributed by atoms with Gasteiger partial charge in [-0.1, -0.05) is 11.6 Å². The van der Waals surface area contributed by atoms with E-state index in [0.717, 1.165) is 54.1 Å². The van der Waals surface area contributed by atoms with Gasteiger partial charge in [0.2, 0.25) is 17.5 Å². The predicted octanol–water partition coefficient (Wildman–Crippen LogP) is 5.82. The predicted molar refractivity (Wildman–Crippen MR) is 141 cm³/mol. The van der Waals surface area contributed by atoms with Gasteiger partial charge in [-0.05, 0) is 87.0 Å². The van der Waals surface area contributed by atoms with E-state index in [1.54, 1.807) is 6.20 Å². The van der Waals surface area contributed by atoms with Crippen molar-refractivity contribution < 1.29 is 19.3 Å². The van der Waals surface area contributed by atoms with Crippen LogP contribution in [0.15, 0.2) is 30.5 Å². The summed E-state index contributed by atoms with van der Waals surface area (Å²) in [5.41, 5.74) is 1.84. The number of benzene rings is 1. The number of rotatable bonds is 6. The van der Waals surface area contributed by atoms with E-state index in [0.29, 0.717) is 42.3 Å². The van der Waals surface area contributed by atoms with E-state index in [2.05, 4.69) is 15.6 Å². The van der Waals surface area contributed by atoms with Crippen LogP contribution in [-0.4, -0.2) is 35.6 Å². The third-order valence-electron chi connectivity index (χ3n) is 9.75. The van der Waals surface area contributed by atoms with Gasteiger partial charge < -0.3 is 15.4 Å². The molecule has 2 heterocycles. The zero-order valence-corrected chi connectivity index (χ0v) is 22.0. The Morgan fingerprint density at radius 2 is 1.76 bits per heavy atom. The Kier molecular flexibility index (Phi) is 6.11. The summed E-state index contributed by atoms with van der Waals surface area (Å²) in [5, 5.41) is 8.17. The van der Waals surface area contributed by atoms with Gasteiger partial charge in [-0.2, -0.15) is 9.78 Å². The van der Waals surface area contributed by atoms with Gasteiger partial charge in [0.1, 0.15) is 0 Å². The summed E-state index contributed by atoms with van der Waals surface area (Å²) in [6.07, 6.45) is 12.1. The minimum atomic E-state index is -0.607. The van der Waals surface area contributed by atoms with E-state index in [-0.39, 0.29) is 5.91 Å². The second-order valence-corrected chi connectivity index (χ2v) is 12.6. The first kappa shape index (κ1) is 24.1. The van der Waals surface area contributed by atoms with Crippen molar-refractivity contribution in [2.75, 3.05) is 18.4 Å². The molecular weight excluding hydrogens is 490 g/mol. The molecule has 198 valence electrons. The van der Waals surface area contributed by atoms with Crippen molar-refractivity contribution in [2.45, 2.75) is 75.8 Å². The molecule has 1 saturated heterocycles. The first-order valence-corrected chi connectivity index (χ1v) is 14.5. The Labute approximate surface area is 222 Å². The van der Waals surface area contributed by atoms with Crippen molar-refractivity contribution in [1.29, 1.82) is 0 Å². The van der Waals surface area contributed by atoms with Crippen LogP contribution in [0.4, 0.5) is 5.69 Å². The van der Waals surface area contributed by atoms with Crippen LogP contribution in [0.1, 0.15) is 64.2 Å². The van der Waals surface area contributed by atoms with E-state index in [9.17, 15) is 4.79 Å². The van der Waals surface area contributed by atoms with E-state index in [1.807, 2.05) is 24.3 Å². The molecule has 2 aromatic rings. The van der Waals surface area contributed by atoms with Crippen LogP contribution in [0.3, 0.4) is 0 Å². The number of hydrogen-bond acceptors (Lipinski definition) is 6. The SMILES string of the molecule is O=C(C[C@H]1CC[C@]2(CC1)OO[C@]1(O2)C2CC3CC(C2)CC1C3)NCCNc1ccnc2cc(Cl)ccc12. The molecule has 1 amide bonds. The van der Waals surface area contributed by atoms with Crippen LogP contribution in [-0.2, 0) is 19.3 Å². The third-order valence-corrected chi connectivity index (χ3v) is 9.99. The van der Waals surface area contributed by atoms with Crippen molar-refractivity contribution in [3.63, 3.8) is 0 Å². The molecule has 1 aromatic heterocycles. The standard InChI is InChI=1S/C29H36ClN3O4/c30-23-1-2-24-25(5-8-31-26(24)17-23)32-9-10-33-27(34)16-18-3-6-28(7-4-18)35-29(37-36-28)21-12-19-11-20(14-21)15-22(29)13-19/h1-2,5,8,17-22H,3-4,6-7,9-16H2,(H,31,32)(H,33,34)/t18-,19?,20?,21?,22?,28+,29-. The summed E-state index contributed by atoms with van der Waals surface area (Å²) >= 11 is 6.08. The second kappa shape index (κ2) is 9.37. The van der Waals surface area contributed by atoms with Crippen molar-refractivity contribution in [1.82, 2.24) is 10.3 Å². The molecule has 6 aliphatic rings. The number of ether oxygens (including phenoxy) is 1. The van der Waals surface area contributed by atoms with Crippen molar-refractivity contribution in [2.24, 2.45) is 29.6 Å². The fraction of sp³-hybridized carbons (Fsp3) is 0.655. The zero-order valence-electron chi connectivity index (χ0n) is 21.2. The van der Waals surface area contributed by atoms with Crippen LogP contribution >= 0.6 is 11.6 Å². The number of hydrogen-bond donors (Lipinski definition) is 2. The minimum Gasteiger partial charge on any atom is -0.383 e. The van der Waals surface area contributed by atoms with Crippen molar-refractivity contribution in [3.8, 4) is 0 Å². The van der Waals surface area contributed by atoms with Gasteiger partial charge in [-0.25, -0.2) is 0 Å². The summed E-state index contributed by atoms with van der Waals surface area (Å²) in [7, 11) is 0. The summed E-state index contributed by atoms with van der Waals surface area (Å²) in [6, 6.07) is 7.63. The van der Waals surface area contributed by atoms with Crippen molar-refractivity contribution in [3.05, 3.63) is 35.5 Å². The summed E-state index contributed by atoms with van der Waals surface area (Å²) < 4.78 is 6.80. The molecule has 4 bridgehead atoms. The van der Waals surface area contributed by atoms with E-state index >= 15 is 0 Å². The number of pyridine rings is 1. The quantitative estimate of drug-likeness (QED) is 0.365. The fourth-order valence-electron chi connectivity index (χ4n) is 8.13. The largest absolute Gasteiger partial charge is 0.383 e. The maximum Gasteiger partial charge on any atom is 0.220 e. The maximum absolute atomic E-state index is 12.6. The molecule has 7 nitrogen and oxygen atoms in total. The summed E-state index contributed by atoms with van der Waals surface area (Å²) in [6.45, 7) is 1.21. The molecule has 8 heteroatoms. The van der Waals surface area contributed by atoms with Gasteiger partial charge >= 0.3 is 0 Å². The third kappa shape index (κ3) is 4.42. The number of fused-ring (bicyclic) bond motifs is 1. The van der Waals surface area contributed by atoms with Gasteiger partial charge in [0.25, 0.3) is 0 Å². The van der Waals surface area contributed by atoms with Crippen LogP contribution in [0.2, 0.25) is 5.02 Å². The maximum atomic E-state index is 12.6. The van der Waals surface area contributed by atoms with Crippen LogP contribution in [0.5, 0.6) is 0 Å². The second-order valence-electron chi connectivity index (χ2n) is 12.1. The molecule has 0 unspecified atom stereocenters. The van der Waals surface area contributed by atoms with Crippen molar-refractivity contribution >= 4 is 34.1 Å². The molecule has 2 N–H and O–H groups in total. The fourth-order valence-corrected chi connectivity index (χ4v) is 8.29. The highest BCUT2D eigenvalue weighted by molar-refractivity contribution is 6.31. The van der Waals surface area contributed by atoms with E-state index in [4.69, 9.17) is 26.1 Å². The first-order chi connectivity index (χ1) is 18.0. The molecule has 1 aromatic carbocycles. The molecular formula is C29H36ClN3O4. The topological polar surface area (TPSA) is 81.7 Å². The number of nitrogens with zero attached hydrogens (tertiary/aromatic N) is 1. The number of carbonyl (C=O) groups excluding carboxylic acids is 1. The highest BCUT2D eigenvalue weighted by Gasteiger charge is 2.66. The number of halogens is 1. The lowest BCUT2D eigenvalue weighted by molar-refractivity contribution is -0.390. The van der Waals surface area contributed by atoms with Crippen LogP contribution in [0, 0.1) is 29.6 Å². The molecule has 5 aliphatic carbocycles. The van der Waals surface area contributed by atoms with Gasteiger partial charge in [0.15, 0.2) is 0 Å². The monoisotopic (exact) mass is 525 g/mol. The zero-order chi connectivity index (χ0) is 25.0. The van der Waals surface area contributed by atoms with Gasteiger partial charge in [0.05, 0.1) is 5.52 Å². The lowest BCUT2D eigenvalue weighted by Gasteiger charge is -2.57. The highest BCUT2D eigenvalue weighted by atomic mass is 35.5. The number of nitrogens with one attached hydrogen (secondary N) is 2. The number of amides is 1. The lowest BCUT2D eigenvalue weighted by Crippen LogP contribution is -2.59. The first-order valence-electron chi connectivity index (χ1n) is 14.1. The molecule has 0 atom stereocenters. The smallest absolute Gasteiger partial charge is 0.220 e. The van der Waals surface area contributed by atoms with Gasteiger partial charge in [-0.3, -0.25) is 9.78 Å². The average molecular weight is 526 g/mol. The van der Waals surface area contributed by atoms with E-state index < -0.39 is 11.6 Å². The highest BCUT2D eigenvalue weighted by Crippen LogP contribution is 2.63. The van der Waals surface area contributed by atoms with Crippen LogP contribution < -0.4 is 10.6 Å². The Morgan fingerprint density at radius 3 is 2.51 bits per heavy atom. The molecule has 37 heavy (non-hydrogen) atoms. The summed E-state index contributed by atoms with van der Waals surface area (Å²) in [5.74, 6) is 2.06. The number of aromatic nitrogens is 1. The van der Waals surface area contributed by atoms with Gasteiger partial charge in [-0.15, -0.1) is 0 Å². The normalized spacial score (nSPS) is 38.0. The number of anilines is 1. The summed E-state index contributed by atoms with van der Waals surface area (Å²) in [4.78, 5) is 29.2. The van der Waals surface area contributed by atoms with Gasteiger partial charge in [0, 0.05) is 66.5 Å². The molecule has 2 spiro atoms. The molecule has 6 fully saturated rings. The molecule has 8 rings (SSSR count). The molecule has 1 aliphatic heterocycles. The Bertz CT molecular complexity index is 1150. The molecule has 0 radical (unpaired) electrons. The van der Waals surface area contributed by atoms with Crippen LogP contribution in [0.25, 0.3) is 10.9 Å². The number of carbonyl (C=O) groups is 1. The Hall–Kier alpha value is -1.93. The average Bonchev–Trinajstić information content (AvgIpc) is 3.26. The minimum absolute atomic E-state index is 0.108. The van der Waals surface area contributed by atoms with E-state index in [1.165, 1.54) is 32.1 Å². The molecule has 5 saturated carbocycles. The lowest BCUT2D eigenvalue weighted by atomic mass is 9.53.